The third-order valence-corrected chi connectivity index (χ3v) is 2.49. The predicted octanol–water partition coefficient (Wildman–Crippen LogP) is 0.957. The molecular formula is C12H12N2O3. The van der Waals surface area contributed by atoms with Crippen LogP contribution in [0.4, 0.5) is 0 Å². The van der Waals surface area contributed by atoms with Gasteiger partial charge in [0.25, 0.3) is 0 Å². The lowest BCUT2D eigenvalue weighted by Gasteiger charge is -2.02. The molecule has 0 unspecified atom stereocenters. The first kappa shape index (κ1) is 11.2. The van der Waals surface area contributed by atoms with E-state index in [0.717, 1.165) is 16.5 Å². The number of hydrogen-bond acceptors (Lipinski definition) is 3. The number of benzene rings is 1. The summed E-state index contributed by atoms with van der Waals surface area (Å²) in [5.74, 6) is -1.62. The number of ether oxygens (including phenoxy) is 1. The van der Waals surface area contributed by atoms with Crippen molar-refractivity contribution in [1.82, 2.24) is 10.3 Å². The average molecular weight is 232 g/mol. The van der Waals surface area contributed by atoms with Gasteiger partial charge in [-0.05, 0) is 11.6 Å². The molecule has 0 radical (unpaired) electrons. The molecule has 88 valence electrons. The molecular weight excluding hydrogens is 220 g/mol. The highest BCUT2D eigenvalue weighted by molar-refractivity contribution is 6.32. The lowest BCUT2D eigenvalue weighted by Crippen LogP contribution is -2.31. The summed E-state index contributed by atoms with van der Waals surface area (Å²) in [5, 5.41) is 3.52. The van der Waals surface area contributed by atoms with Crippen molar-refractivity contribution in [3.8, 4) is 0 Å². The first-order valence-electron chi connectivity index (χ1n) is 5.13. The average Bonchev–Trinajstić information content (AvgIpc) is 2.78. The number of hydrogen-bond donors (Lipinski definition) is 2. The maximum atomic E-state index is 11.2. The van der Waals surface area contributed by atoms with Crippen molar-refractivity contribution in [3.05, 3.63) is 36.0 Å². The standard InChI is InChI=1S/C12H12N2O3/c1-17-12(16)11(15)14-7-8-6-13-10-5-3-2-4-9(8)10/h2-6,13H,7H2,1H3,(H,14,15). The molecule has 0 spiro atoms. The molecule has 0 aliphatic rings. The van der Waals surface area contributed by atoms with E-state index in [0.29, 0.717) is 0 Å². The van der Waals surface area contributed by atoms with Crippen LogP contribution in [0.5, 0.6) is 0 Å². The van der Waals surface area contributed by atoms with Crippen LogP contribution in [-0.2, 0) is 20.9 Å². The number of carbonyl (C=O) groups is 2. The van der Waals surface area contributed by atoms with E-state index >= 15 is 0 Å². The number of para-hydroxylation sites is 1. The molecule has 0 aliphatic heterocycles. The topological polar surface area (TPSA) is 71.2 Å². The number of carbonyl (C=O) groups excluding carboxylic acids is 2. The minimum Gasteiger partial charge on any atom is -0.462 e. The van der Waals surface area contributed by atoms with Crippen LogP contribution in [0.25, 0.3) is 10.9 Å². The van der Waals surface area contributed by atoms with Gasteiger partial charge in [0.15, 0.2) is 0 Å². The largest absolute Gasteiger partial charge is 0.462 e. The lowest BCUT2D eigenvalue weighted by atomic mass is 10.2. The van der Waals surface area contributed by atoms with Crippen molar-refractivity contribution in [2.45, 2.75) is 6.54 Å². The van der Waals surface area contributed by atoms with Gasteiger partial charge in [-0.25, -0.2) is 4.79 Å². The zero-order valence-electron chi connectivity index (χ0n) is 9.32. The molecule has 0 atom stereocenters. The van der Waals surface area contributed by atoms with Gasteiger partial charge in [0.2, 0.25) is 0 Å². The van der Waals surface area contributed by atoms with Crippen LogP contribution in [0.2, 0.25) is 0 Å². The van der Waals surface area contributed by atoms with Crippen LogP contribution in [-0.4, -0.2) is 24.0 Å². The Labute approximate surface area is 97.8 Å². The molecule has 0 saturated heterocycles. The summed E-state index contributed by atoms with van der Waals surface area (Å²) in [4.78, 5) is 25.2. The van der Waals surface area contributed by atoms with Crippen molar-refractivity contribution >= 4 is 22.8 Å². The van der Waals surface area contributed by atoms with Gasteiger partial charge < -0.3 is 15.0 Å². The Morgan fingerprint density at radius 3 is 2.88 bits per heavy atom. The SMILES string of the molecule is COC(=O)C(=O)NCc1c[nH]c2ccccc12. The zero-order chi connectivity index (χ0) is 12.3. The second-order valence-electron chi connectivity index (χ2n) is 3.53. The fourth-order valence-electron chi connectivity index (χ4n) is 1.62. The minimum atomic E-state index is -0.884. The molecule has 0 aliphatic carbocycles. The Morgan fingerprint density at radius 2 is 2.12 bits per heavy atom. The number of rotatable bonds is 2. The van der Waals surface area contributed by atoms with Crippen LogP contribution in [0, 0.1) is 0 Å². The van der Waals surface area contributed by atoms with Gasteiger partial charge in [-0.3, -0.25) is 4.79 Å². The third-order valence-electron chi connectivity index (χ3n) is 2.49. The van der Waals surface area contributed by atoms with E-state index in [-0.39, 0.29) is 6.54 Å². The second kappa shape index (κ2) is 4.69. The van der Waals surface area contributed by atoms with Crippen molar-refractivity contribution in [2.24, 2.45) is 0 Å². The number of esters is 1. The molecule has 1 aromatic heterocycles. The fraction of sp³-hybridized carbons (Fsp3) is 0.167. The molecule has 5 heteroatoms. The molecule has 5 nitrogen and oxygen atoms in total. The maximum absolute atomic E-state index is 11.2. The first-order chi connectivity index (χ1) is 8.22. The molecule has 2 N–H and O–H groups in total. The zero-order valence-corrected chi connectivity index (χ0v) is 9.32. The number of H-pyrrole nitrogens is 1. The molecule has 0 saturated carbocycles. The van der Waals surface area contributed by atoms with E-state index < -0.39 is 11.9 Å². The highest BCUT2D eigenvalue weighted by atomic mass is 16.5. The van der Waals surface area contributed by atoms with Crippen molar-refractivity contribution in [2.75, 3.05) is 7.11 Å². The summed E-state index contributed by atoms with van der Waals surface area (Å²) >= 11 is 0. The van der Waals surface area contributed by atoms with Crippen LogP contribution < -0.4 is 5.32 Å². The van der Waals surface area contributed by atoms with Gasteiger partial charge in [0.1, 0.15) is 0 Å². The molecule has 2 rings (SSSR count). The van der Waals surface area contributed by atoms with Gasteiger partial charge in [0.05, 0.1) is 7.11 Å². The van der Waals surface area contributed by atoms with Crippen molar-refractivity contribution in [1.29, 1.82) is 0 Å². The van der Waals surface area contributed by atoms with Crippen molar-refractivity contribution in [3.63, 3.8) is 0 Å². The summed E-state index contributed by atoms with van der Waals surface area (Å²) in [6.07, 6.45) is 1.81. The molecule has 2 aromatic rings. The number of nitrogens with one attached hydrogen (secondary N) is 2. The molecule has 17 heavy (non-hydrogen) atoms. The van der Waals surface area contributed by atoms with Crippen molar-refractivity contribution < 1.29 is 14.3 Å². The van der Waals surface area contributed by atoms with E-state index in [9.17, 15) is 9.59 Å². The normalized spacial score (nSPS) is 10.2. The van der Waals surface area contributed by atoms with Gasteiger partial charge in [-0.2, -0.15) is 0 Å². The Bertz CT molecular complexity index is 560. The summed E-state index contributed by atoms with van der Waals surface area (Å²) in [7, 11) is 1.17. The molecule has 1 amide bonds. The predicted molar refractivity (Wildman–Crippen MR) is 62.2 cm³/mol. The lowest BCUT2D eigenvalue weighted by molar-refractivity contribution is -0.152. The van der Waals surface area contributed by atoms with E-state index in [1.54, 1.807) is 0 Å². The van der Waals surface area contributed by atoms with Crippen LogP contribution in [0.1, 0.15) is 5.56 Å². The highest BCUT2D eigenvalue weighted by Crippen LogP contribution is 2.17. The number of amides is 1. The summed E-state index contributed by atoms with van der Waals surface area (Å²) in [6.45, 7) is 0.290. The smallest absolute Gasteiger partial charge is 0.396 e. The number of aromatic amines is 1. The minimum absolute atomic E-state index is 0.290. The Morgan fingerprint density at radius 1 is 1.35 bits per heavy atom. The Kier molecular flexibility index (Phi) is 3.09. The summed E-state index contributed by atoms with van der Waals surface area (Å²) in [6, 6.07) is 7.74. The fourth-order valence-corrected chi connectivity index (χ4v) is 1.62. The Hall–Kier alpha value is -2.30. The van der Waals surface area contributed by atoms with E-state index in [4.69, 9.17) is 0 Å². The maximum Gasteiger partial charge on any atom is 0.396 e. The Balaban J connectivity index is 2.09. The highest BCUT2D eigenvalue weighted by Gasteiger charge is 2.13. The molecule has 0 bridgehead atoms. The number of fused-ring (bicyclic) bond motifs is 1. The van der Waals surface area contributed by atoms with Crippen LogP contribution >= 0.6 is 0 Å². The summed E-state index contributed by atoms with van der Waals surface area (Å²) in [5.41, 5.74) is 1.92. The van der Waals surface area contributed by atoms with Gasteiger partial charge >= 0.3 is 11.9 Å². The van der Waals surface area contributed by atoms with E-state index in [1.165, 1.54) is 7.11 Å². The van der Waals surface area contributed by atoms with Crippen LogP contribution in [0.3, 0.4) is 0 Å². The van der Waals surface area contributed by atoms with Gasteiger partial charge in [0, 0.05) is 23.6 Å². The first-order valence-corrected chi connectivity index (χ1v) is 5.13. The number of aromatic nitrogens is 1. The van der Waals surface area contributed by atoms with E-state index in [1.807, 2.05) is 30.5 Å². The molecule has 1 aromatic carbocycles. The van der Waals surface area contributed by atoms with Gasteiger partial charge in [-0.1, -0.05) is 18.2 Å². The third kappa shape index (κ3) is 2.28. The molecule has 1 heterocycles. The molecule has 0 fully saturated rings. The quantitative estimate of drug-likeness (QED) is 0.598. The van der Waals surface area contributed by atoms with E-state index in [2.05, 4.69) is 15.0 Å². The number of methoxy groups -OCH3 is 1. The monoisotopic (exact) mass is 232 g/mol. The summed E-state index contributed by atoms with van der Waals surface area (Å²) < 4.78 is 4.31. The second-order valence-corrected chi connectivity index (χ2v) is 3.53. The van der Waals surface area contributed by atoms with Crippen LogP contribution in [0.15, 0.2) is 30.5 Å². The van der Waals surface area contributed by atoms with Gasteiger partial charge in [-0.15, -0.1) is 0 Å².